The fourth-order valence-corrected chi connectivity index (χ4v) is 3.46. The molecule has 5 nitrogen and oxygen atoms in total. The first-order chi connectivity index (χ1) is 9.47. The summed E-state index contributed by atoms with van der Waals surface area (Å²) in [6.07, 6.45) is 4.10. The molecule has 8 heteroatoms. The van der Waals surface area contributed by atoms with Crippen LogP contribution < -0.4 is 5.73 Å². The fourth-order valence-electron chi connectivity index (χ4n) is 1.76. The van der Waals surface area contributed by atoms with Crippen molar-refractivity contribution in [3.05, 3.63) is 9.94 Å². The fraction of sp³-hybridized carbons (Fsp3) is 0.667. The predicted molar refractivity (Wildman–Crippen MR) is 81.1 cm³/mol. The van der Waals surface area contributed by atoms with Crippen molar-refractivity contribution in [3.8, 4) is 0 Å². The molecule has 0 saturated carbocycles. The second kappa shape index (κ2) is 8.77. The van der Waals surface area contributed by atoms with Crippen LogP contribution in [0.1, 0.15) is 32.1 Å². The van der Waals surface area contributed by atoms with Crippen LogP contribution in [0, 0.1) is 0 Å². The molecule has 0 aliphatic carbocycles. The minimum Gasteiger partial charge on any atom is -0.469 e. The van der Waals surface area contributed by atoms with Crippen molar-refractivity contribution in [2.45, 2.75) is 37.6 Å². The molecule has 0 bridgehead atoms. The summed E-state index contributed by atoms with van der Waals surface area (Å²) in [5, 5.41) is 0.301. The van der Waals surface area contributed by atoms with E-state index in [1.807, 2.05) is 4.31 Å². The highest BCUT2D eigenvalue weighted by Crippen LogP contribution is 2.41. The van der Waals surface area contributed by atoms with E-state index >= 15 is 0 Å². The van der Waals surface area contributed by atoms with E-state index < -0.39 is 11.4 Å². The number of unbranched alkanes of at least 4 members (excludes halogenated alkanes) is 3. The molecule has 1 amide bonds. The molecular formula is C12H18Cl2N2O3S. The first kappa shape index (κ1) is 17.6. The van der Waals surface area contributed by atoms with E-state index in [9.17, 15) is 9.59 Å². The van der Waals surface area contributed by atoms with Gasteiger partial charge < -0.3 is 10.5 Å². The summed E-state index contributed by atoms with van der Waals surface area (Å²) in [5.74, 6) is -0.728. The van der Waals surface area contributed by atoms with Gasteiger partial charge in [0.2, 0.25) is 0 Å². The van der Waals surface area contributed by atoms with E-state index in [1.54, 1.807) is 0 Å². The maximum absolute atomic E-state index is 11.1. The molecule has 1 aliphatic heterocycles. The van der Waals surface area contributed by atoms with Gasteiger partial charge in [-0.15, -0.1) is 0 Å². The molecule has 0 aromatic carbocycles. The highest BCUT2D eigenvalue weighted by Gasteiger charge is 2.33. The maximum atomic E-state index is 11.1. The lowest BCUT2D eigenvalue weighted by atomic mass is 10.1. The molecule has 0 radical (unpaired) electrons. The Labute approximate surface area is 132 Å². The van der Waals surface area contributed by atoms with Crippen LogP contribution in [0.25, 0.3) is 0 Å². The van der Waals surface area contributed by atoms with Gasteiger partial charge in [0.15, 0.2) is 0 Å². The normalized spacial score (nSPS) is 19.4. The third kappa shape index (κ3) is 5.16. The molecule has 0 spiro atoms. The standard InChI is InChI=1S/C12H18Cl2N2O3S/c1-19-8(17)6-4-2-3-5-7-16-11(14)9(13)10(20-16)12(15)18/h11H,2-7H2,1H3,(H2,15,18). The van der Waals surface area contributed by atoms with Gasteiger partial charge in [0, 0.05) is 13.0 Å². The van der Waals surface area contributed by atoms with E-state index in [-0.39, 0.29) is 5.97 Å². The molecule has 1 heterocycles. The molecule has 1 aliphatic rings. The van der Waals surface area contributed by atoms with Crippen LogP contribution in [0.3, 0.4) is 0 Å². The highest BCUT2D eigenvalue weighted by atomic mass is 35.5. The van der Waals surface area contributed by atoms with Crippen molar-refractivity contribution < 1.29 is 14.3 Å². The van der Waals surface area contributed by atoms with Gasteiger partial charge in [0.1, 0.15) is 10.4 Å². The van der Waals surface area contributed by atoms with Crippen molar-refractivity contribution in [2.24, 2.45) is 5.73 Å². The zero-order valence-corrected chi connectivity index (χ0v) is 13.6. The summed E-state index contributed by atoms with van der Waals surface area (Å²) in [5.41, 5.74) is 4.72. The molecule has 1 rings (SSSR count). The molecule has 1 unspecified atom stereocenters. The molecule has 114 valence electrons. The van der Waals surface area contributed by atoms with Crippen LogP contribution in [0.15, 0.2) is 9.94 Å². The summed E-state index contributed by atoms with van der Waals surface area (Å²) in [4.78, 5) is 22.4. The zero-order chi connectivity index (χ0) is 15.1. The number of hydrogen-bond acceptors (Lipinski definition) is 5. The van der Waals surface area contributed by atoms with E-state index in [4.69, 9.17) is 28.9 Å². The Bertz CT molecular complexity index is 404. The summed E-state index contributed by atoms with van der Waals surface area (Å²) >= 11 is 13.3. The van der Waals surface area contributed by atoms with Crippen molar-refractivity contribution in [1.82, 2.24) is 4.31 Å². The number of amides is 1. The van der Waals surface area contributed by atoms with Gasteiger partial charge in [-0.1, -0.05) is 36.0 Å². The summed E-state index contributed by atoms with van der Waals surface area (Å²) in [7, 11) is 1.39. The summed E-state index contributed by atoms with van der Waals surface area (Å²) in [6.45, 7) is 0.712. The minimum absolute atomic E-state index is 0.178. The number of carbonyl (C=O) groups is 2. The summed E-state index contributed by atoms with van der Waals surface area (Å²) in [6, 6.07) is 0. The molecule has 20 heavy (non-hydrogen) atoms. The van der Waals surface area contributed by atoms with E-state index in [1.165, 1.54) is 19.1 Å². The van der Waals surface area contributed by atoms with Gasteiger partial charge in [-0.05, 0) is 24.8 Å². The Morgan fingerprint density at radius 2 is 2.00 bits per heavy atom. The van der Waals surface area contributed by atoms with Crippen LogP contribution in [-0.2, 0) is 14.3 Å². The SMILES string of the molecule is COC(=O)CCCCCCN1SC(C(N)=O)=C(Cl)C1Cl. The third-order valence-corrected chi connectivity index (χ3v) is 5.27. The number of halogens is 2. The quantitative estimate of drug-likeness (QED) is 0.242. The van der Waals surface area contributed by atoms with Crippen molar-refractivity contribution in [2.75, 3.05) is 13.7 Å². The van der Waals surface area contributed by atoms with Gasteiger partial charge in [0.25, 0.3) is 5.91 Å². The van der Waals surface area contributed by atoms with Crippen LogP contribution in [0.2, 0.25) is 0 Å². The largest absolute Gasteiger partial charge is 0.469 e. The number of esters is 1. The predicted octanol–water partition coefficient (Wildman–Crippen LogP) is 2.57. The van der Waals surface area contributed by atoms with E-state index in [2.05, 4.69) is 4.74 Å². The maximum Gasteiger partial charge on any atom is 0.305 e. The highest BCUT2D eigenvalue weighted by molar-refractivity contribution is 8.02. The Kier molecular flexibility index (Phi) is 7.72. The van der Waals surface area contributed by atoms with Gasteiger partial charge >= 0.3 is 5.97 Å². The van der Waals surface area contributed by atoms with Crippen molar-refractivity contribution in [1.29, 1.82) is 0 Å². The number of hydrogen-bond donors (Lipinski definition) is 1. The Morgan fingerprint density at radius 1 is 1.35 bits per heavy atom. The van der Waals surface area contributed by atoms with Gasteiger partial charge in [-0.25, -0.2) is 4.31 Å². The number of nitrogens with zero attached hydrogens (tertiary/aromatic N) is 1. The van der Waals surface area contributed by atoms with Gasteiger partial charge in [-0.2, -0.15) is 0 Å². The second-order valence-electron chi connectivity index (χ2n) is 4.35. The Balaban J connectivity index is 2.18. The first-order valence-electron chi connectivity index (χ1n) is 6.32. The monoisotopic (exact) mass is 340 g/mol. The van der Waals surface area contributed by atoms with Gasteiger partial charge in [-0.3, -0.25) is 9.59 Å². The smallest absolute Gasteiger partial charge is 0.305 e. The zero-order valence-electron chi connectivity index (χ0n) is 11.2. The average Bonchev–Trinajstić information content (AvgIpc) is 2.70. The second-order valence-corrected chi connectivity index (χ2v) is 6.23. The van der Waals surface area contributed by atoms with Crippen LogP contribution in [-0.4, -0.2) is 35.3 Å². The summed E-state index contributed by atoms with van der Waals surface area (Å²) < 4.78 is 6.40. The molecular weight excluding hydrogens is 323 g/mol. The Hall–Kier alpha value is -0.430. The molecule has 0 saturated heterocycles. The van der Waals surface area contributed by atoms with Crippen molar-refractivity contribution in [3.63, 3.8) is 0 Å². The lowest BCUT2D eigenvalue weighted by Crippen LogP contribution is -2.21. The number of methoxy groups -OCH3 is 1. The van der Waals surface area contributed by atoms with Gasteiger partial charge in [0.05, 0.1) is 12.1 Å². The number of alkyl halides is 1. The van der Waals surface area contributed by atoms with Crippen LogP contribution >= 0.6 is 35.1 Å². The molecule has 0 aromatic rings. The number of carbonyl (C=O) groups excluding carboxylic acids is 2. The molecule has 0 aromatic heterocycles. The van der Waals surface area contributed by atoms with Crippen LogP contribution in [0.4, 0.5) is 0 Å². The molecule has 1 atom stereocenters. The lowest BCUT2D eigenvalue weighted by molar-refractivity contribution is -0.140. The topological polar surface area (TPSA) is 72.6 Å². The van der Waals surface area contributed by atoms with Crippen LogP contribution in [0.5, 0.6) is 0 Å². The number of ether oxygens (including phenoxy) is 1. The van der Waals surface area contributed by atoms with E-state index in [0.29, 0.717) is 22.9 Å². The molecule has 2 N–H and O–H groups in total. The number of primary amides is 1. The third-order valence-electron chi connectivity index (χ3n) is 2.85. The number of rotatable bonds is 8. The average molecular weight is 341 g/mol. The Morgan fingerprint density at radius 3 is 2.55 bits per heavy atom. The number of nitrogens with two attached hydrogens (primary N) is 1. The lowest BCUT2D eigenvalue weighted by Gasteiger charge is -2.18. The van der Waals surface area contributed by atoms with E-state index in [0.717, 1.165) is 25.7 Å². The first-order valence-corrected chi connectivity index (χ1v) is 7.91. The van der Waals surface area contributed by atoms with Crippen molar-refractivity contribution >= 4 is 47.0 Å². The minimum atomic E-state index is -0.550. The molecule has 0 fully saturated rings.